The second-order valence-corrected chi connectivity index (χ2v) is 9.94. The van der Waals surface area contributed by atoms with E-state index in [0.717, 1.165) is 57.4 Å². The highest BCUT2D eigenvalue weighted by Crippen LogP contribution is 2.33. The number of amides is 2. The molecule has 0 aromatic heterocycles. The molecule has 3 rings (SSSR count). The highest BCUT2D eigenvalue weighted by molar-refractivity contribution is 9.10. The topological polar surface area (TPSA) is 84.3 Å². The van der Waals surface area contributed by atoms with Crippen LogP contribution < -0.4 is 0 Å². The van der Waals surface area contributed by atoms with Gasteiger partial charge < -0.3 is 10.0 Å². The molecule has 8 heteroatoms. The summed E-state index contributed by atoms with van der Waals surface area (Å²) < 4.78 is 0.657. The minimum absolute atomic E-state index is 0.0848. The zero-order valence-electron chi connectivity index (χ0n) is 18.5. The molecular formula is C23H34BrN3O4. The fourth-order valence-corrected chi connectivity index (χ4v) is 5.32. The van der Waals surface area contributed by atoms with Crippen LogP contribution in [-0.4, -0.2) is 76.8 Å². The summed E-state index contributed by atoms with van der Waals surface area (Å²) in [5.41, 5.74) is 1.04. The van der Waals surface area contributed by atoms with Gasteiger partial charge in [0.2, 0.25) is 5.91 Å². The Kier molecular flexibility index (Phi) is 8.36. The van der Waals surface area contributed by atoms with Crippen LogP contribution in [0.5, 0.6) is 5.75 Å². The van der Waals surface area contributed by atoms with E-state index in [1.807, 2.05) is 24.0 Å². The second-order valence-electron chi connectivity index (χ2n) is 9.08. The van der Waals surface area contributed by atoms with Crippen LogP contribution in [0.2, 0.25) is 0 Å². The van der Waals surface area contributed by atoms with Crippen LogP contribution in [0.25, 0.3) is 0 Å². The molecule has 0 saturated carbocycles. The van der Waals surface area contributed by atoms with Gasteiger partial charge in [-0.15, -0.1) is 0 Å². The van der Waals surface area contributed by atoms with E-state index in [1.165, 1.54) is 7.05 Å². The van der Waals surface area contributed by atoms with Gasteiger partial charge in [0.05, 0.1) is 11.0 Å². The van der Waals surface area contributed by atoms with Gasteiger partial charge in [-0.25, -0.2) is 5.06 Å². The van der Waals surface area contributed by atoms with Crippen molar-refractivity contribution in [3.05, 3.63) is 28.2 Å². The zero-order valence-corrected chi connectivity index (χ0v) is 20.1. The van der Waals surface area contributed by atoms with Crippen LogP contribution in [0.4, 0.5) is 0 Å². The molecule has 31 heavy (non-hydrogen) atoms. The molecule has 2 N–H and O–H groups in total. The van der Waals surface area contributed by atoms with Gasteiger partial charge in [0, 0.05) is 26.1 Å². The summed E-state index contributed by atoms with van der Waals surface area (Å²) in [5.74, 6) is 1.37. The number of likely N-dealkylation sites (N-methyl/N-ethyl adjacent to an activating group) is 1. The Morgan fingerprint density at radius 3 is 2.26 bits per heavy atom. The number of carbonyl (C=O) groups is 2. The SMILES string of the molecule is C[C@H](Cc1ccc(O)c(Br)c1)C(=O)N1CCC(C2CCN(CC(=O)N(C)O)CC2)CC1. The Bertz CT molecular complexity index is 772. The number of likely N-dealkylation sites (tertiary alicyclic amines) is 2. The Balaban J connectivity index is 1.42. The summed E-state index contributed by atoms with van der Waals surface area (Å²) in [4.78, 5) is 28.8. The van der Waals surface area contributed by atoms with E-state index in [9.17, 15) is 19.9 Å². The third-order valence-corrected chi connectivity index (χ3v) is 7.48. The number of hydrogen-bond acceptors (Lipinski definition) is 5. The quantitative estimate of drug-likeness (QED) is 0.467. The maximum absolute atomic E-state index is 12.9. The minimum atomic E-state index is -0.265. The fraction of sp³-hybridized carbons (Fsp3) is 0.652. The van der Waals surface area contributed by atoms with Crippen LogP contribution in [-0.2, 0) is 16.0 Å². The standard InChI is InChI=1S/C23H34BrN3O4/c1-16(13-17-3-4-21(28)20(24)14-17)23(30)27-11-7-19(8-12-27)18-5-9-26(10-6-18)15-22(29)25(2)31/h3-4,14,16,18-19,28,31H,5-13,15H2,1-2H3/t16-/m1/s1. The lowest BCUT2D eigenvalue weighted by molar-refractivity contribution is -0.160. The Morgan fingerprint density at radius 1 is 1.13 bits per heavy atom. The van der Waals surface area contributed by atoms with E-state index >= 15 is 0 Å². The number of piperidine rings is 2. The first-order valence-corrected chi connectivity index (χ1v) is 12.0. The fourth-order valence-electron chi connectivity index (χ4n) is 4.90. The van der Waals surface area contributed by atoms with Crippen molar-refractivity contribution in [3.8, 4) is 5.75 Å². The van der Waals surface area contributed by atoms with Crippen molar-refractivity contribution in [2.24, 2.45) is 17.8 Å². The van der Waals surface area contributed by atoms with Crippen LogP contribution in [0.1, 0.15) is 38.2 Å². The number of hydroxylamine groups is 2. The molecule has 7 nitrogen and oxygen atoms in total. The van der Waals surface area contributed by atoms with E-state index < -0.39 is 0 Å². The molecule has 0 aliphatic carbocycles. The molecule has 1 aromatic rings. The summed E-state index contributed by atoms with van der Waals surface area (Å²) >= 11 is 3.34. The van der Waals surface area contributed by atoms with E-state index in [2.05, 4.69) is 20.8 Å². The number of phenolic OH excluding ortho intramolecular Hbond substituents is 1. The maximum Gasteiger partial charge on any atom is 0.259 e. The van der Waals surface area contributed by atoms with Crippen molar-refractivity contribution in [1.29, 1.82) is 0 Å². The predicted octanol–water partition coefficient (Wildman–Crippen LogP) is 3.13. The first-order valence-electron chi connectivity index (χ1n) is 11.2. The molecule has 2 heterocycles. The van der Waals surface area contributed by atoms with Gasteiger partial charge >= 0.3 is 0 Å². The molecule has 2 aliphatic heterocycles. The lowest BCUT2D eigenvalue weighted by Crippen LogP contribution is -2.45. The summed E-state index contributed by atoms with van der Waals surface area (Å²) in [6.45, 7) is 5.69. The number of hydrogen-bond donors (Lipinski definition) is 2. The molecule has 2 aliphatic rings. The van der Waals surface area contributed by atoms with E-state index in [0.29, 0.717) is 27.8 Å². The number of nitrogens with zero attached hydrogens (tertiary/aromatic N) is 3. The monoisotopic (exact) mass is 495 g/mol. The molecule has 1 atom stereocenters. The Labute approximate surface area is 193 Å². The third kappa shape index (κ3) is 6.43. The molecule has 0 radical (unpaired) electrons. The van der Waals surface area contributed by atoms with E-state index in [4.69, 9.17) is 0 Å². The number of aromatic hydroxyl groups is 1. The van der Waals surface area contributed by atoms with Crippen molar-refractivity contribution >= 4 is 27.7 Å². The van der Waals surface area contributed by atoms with Crippen molar-refractivity contribution in [1.82, 2.24) is 14.9 Å². The molecule has 1 aromatic carbocycles. The van der Waals surface area contributed by atoms with Crippen molar-refractivity contribution in [3.63, 3.8) is 0 Å². The highest BCUT2D eigenvalue weighted by atomic mass is 79.9. The zero-order chi connectivity index (χ0) is 22.5. The van der Waals surface area contributed by atoms with Crippen LogP contribution in [0.3, 0.4) is 0 Å². The van der Waals surface area contributed by atoms with E-state index in [1.54, 1.807) is 6.07 Å². The number of rotatable bonds is 6. The molecule has 2 amide bonds. The molecular weight excluding hydrogens is 462 g/mol. The Morgan fingerprint density at radius 2 is 1.71 bits per heavy atom. The third-order valence-electron chi connectivity index (χ3n) is 6.85. The van der Waals surface area contributed by atoms with Gasteiger partial charge in [-0.2, -0.15) is 0 Å². The average Bonchev–Trinajstić information content (AvgIpc) is 2.76. The van der Waals surface area contributed by atoms with Crippen molar-refractivity contribution < 1.29 is 19.9 Å². The first-order chi connectivity index (χ1) is 14.7. The molecule has 2 saturated heterocycles. The summed E-state index contributed by atoms with van der Waals surface area (Å²) in [6, 6.07) is 5.41. The summed E-state index contributed by atoms with van der Waals surface area (Å²) in [5, 5.41) is 19.5. The van der Waals surface area contributed by atoms with Crippen LogP contribution in [0.15, 0.2) is 22.7 Å². The van der Waals surface area contributed by atoms with Crippen LogP contribution >= 0.6 is 15.9 Å². The molecule has 172 valence electrons. The van der Waals surface area contributed by atoms with Crippen LogP contribution in [0, 0.1) is 17.8 Å². The van der Waals surface area contributed by atoms with Gasteiger partial charge in [-0.05, 0) is 90.7 Å². The first kappa shape index (κ1) is 24.0. The van der Waals surface area contributed by atoms with Gasteiger partial charge in [0.25, 0.3) is 5.91 Å². The summed E-state index contributed by atoms with van der Waals surface area (Å²) in [7, 11) is 1.37. The van der Waals surface area contributed by atoms with Gasteiger partial charge in [-0.3, -0.25) is 19.7 Å². The minimum Gasteiger partial charge on any atom is -0.507 e. The molecule has 0 unspecified atom stereocenters. The highest BCUT2D eigenvalue weighted by Gasteiger charge is 2.32. The largest absolute Gasteiger partial charge is 0.507 e. The maximum atomic E-state index is 12.9. The van der Waals surface area contributed by atoms with Gasteiger partial charge in [-0.1, -0.05) is 13.0 Å². The molecule has 0 bridgehead atoms. The lowest BCUT2D eigenvalue weighted by Gasteiger charge is -2.40. The number of carbonyl (C=O) groups excluding carboxylic acids is 2. The van der Waals surface area contributed by atoms with Gasteiger partial charge in [0.1, 0.15) is 5.75 Å². The van der Waals surface area contributed by atoms with Crippen molar-refractivity contribution in [2.45, 2.75) is 39.0 Å². The molecule has 0 spiro atoms. The number of phenols is 1. The predicted molar refractivity (Wildman–Crippen MR) is 122 cm³/mol. The molecule has 2 fully saturated rings. The number of benzene rings is 1. The van der Waals surface area contributed by atoms with Gasteiger partial charge in [0.15, 0.2) is 0 Å². The average molecular weight is 496 g/mol. The van der Waals surface area contributed by atoms with E-state index in [-0.39, 0.29) is 30.0 Å². The smallest absolute Gasteiger partial charge is 0.259 e. The van der Waals surface area contributed by atoms with Crippen molar-refractivity contribution in [2.75, 3.05) is 39.8 Å². The number of halogens is 1. The Hall–Kier alpha value is -1.64. The summed E-state index contributed by atoms with van der Waals surface area (Å²) in [6.07, 6.45) is 4.91. The second kappa shape index (κ2) is 10.8. The normalized spacial score (nSPS) is 19.9. The lowest BCUT2D eigenvalue weighted by atomic mass is 9.78.